The summed E-state index contributed by atoms with van der Waals surface area (Å²) in [5, 5.41) is 0. The van der Waals surface area contributed by atoms with Crippen molar-refractivity contribution >= 4 is 15.9 Å². The molecular formula is C12H18BrNO2. The third-order valence-corrected chi connectivity index (χ3v) is 3.27. The van der Waals surface area contributed by atoms with Gasteiger partial charge in [0.1, 0.15) is 0 Å². The molecule has 1 rings (SSSR count). The zero-order valence-electron chi connectivity index (χ0n) is 10.1. The monoisotopic (exact) mass is 287 g/mol. The van der Waals surface area contributed by atoms with Crippen LogP contribution in [0.5, 0.6) is 11.5 Å². The number of methoxy groups -OCH3 is 2. The standard InChI is InChI=1S/C12H18BrNO2/c1-7(14)5-9-6-10(13)8(2)11(15-3)12(9)16-4/h6-7H,5,14H2,1-4H3. The molecule has 4 heteroatoms. The normalized spacial score (nSPS) is 12.4. The third kappa shape index (κ3) is 2.68. The summed E-state index contributed by atoms with van der Waals surface area (Å²) in [4.78, 5) is 0. The number of ether oxygens (including phenoxy) is 2. The number of hydrogen-bond donors (Lipinski definition) is 1. The van der Waals surface area contributed by atoms with Gasteiger partial charge in [-0.1, -0.05) is 15.9 Å². The Morgan fingerprint density at radius 2 is 1.88 bits per heavy atom. The number of hydrogen-bond acceptors (Lipinski definition) is 3. The van der Waals surface area contributed by atoms with Crippen LogP contribution in [0.3, 0.4) is 0 Å². The van der Waals surface area contributed by atoms with Crippen LogP contribution in [0.4, 0.5) is 0 Å². The van der Waals surface area contributed by atoms with Crippen LogP contribution in [-0.4, -0.2) is 20.3 Å². The van der Waals surface area contributed by atoms with E-state index in [4.69, 9.17) is 15.2 Å². The van der Waals surface area contributed by atoms with Crippen molar-refractivity contribution in [2.24, 2.45) is 5.73 Å². The molecule has 3 nitrogen and oxygen atoms in total. The molecule has 16 heavy (non-hydrogen) atoms. The lowest BCUT2D eigenvalue weighted by atomic mass is 10.0. The van der Waals surface area contributed by atoms with E-state index >= 15 is 0 Å². The lowest BCUT2D eigenvalue weighted by Crippen LogP contribution is -2.18. The molecule has 0 aliphatic heterocycles. The summed E-state index contributed by atoms with van der Waals surface area (Å²) in [6, 6.07) is 2.13. The first-order valence-electron chi connectivity index (χ1n) is 5.16. The second kappa shape index (κ2) is 5.55. The van der Waals surface area contributed by atoms with Crippen LogP contribution in [0.2, 0.25) is 0 Å². The minimum Gasteiger partial charge on any atom is -0.493 e. The van der Waals surface area contributed by atoms with Gasteiger partial charge in [0.2, 0.25) is 0 Å². The predicted octanol–water partition coefficient (Wildman–Crippen LogP) is 2.66. The van der Waals surface area contributed by atoms with E-state index in [1.165, 1.54) is 0 Å². The summed E-state index contributed by atoms with van der Waals surface area (Å²) < 4.78 is 11.8. The van der Waals surface area contributed by atoms with Crippen molar-refractivity contribution < 1.29 is 9.47 Å². The van der Waals surface area contributed by atoms with E-state index in [1.54, 1.807) is 14.2 Å². The van der Waals surface area contributed by atoms with Crippen molar-refractivity contribution in [3.8, 4) is 11.5 Å². The van der Waals surface area contributed by atoms with E-state index in [-0.39, 0.29) is 6.04 Å². The van der Waals surface area contributed by atoms with Gasteiger partial charge in [0.05, 0.1) is 14.2 Å². The van der Waals surface area contributed by atoms with Crippen molar-refractivity contribution in [1.29, 1.82) is 0 Å². The second-order valence-electron chi connectivity index (χ2n) is 3.89. The van der Waals surface area contributed by atoms with Gasteiger partial charge < -0.3 is 15.2 Å². The van der Waals surface area contributed by atoms with Gasteiger partial charge in [0.25, 0.3) is 0 Å². The quantitative estimate of drug-likeness (QED) is 0.926. The molecule has 2 N–H and O–H groups in total. The molecule has 0 saturated carbocycles. The van der Waals surface area contributed by atoms with Crippen LogP contribution in [-0.2, 0) is 6.42 Å². The Kier molecular flexibility index (Phi) is 4.62. The number of nitrogens with two attached hydrogens (primary N) is 1. The van der Waals surface area contributed by atoms with Gasteiger partial charge >= 0.3 is 0 Å². The zero-order chi connectivity index (χ0) is 12.3. The van der Waals surface area contributed by atoms with Crippen LogP contribution in [0.25, 0.3) is 0 Å². The number of rotatable bonds is 4. The maximum absolute atomic E-state index is 5.82. The fraction of sp³-hybridized carbons (Fsp3) is 0.500. The van der Waals surface area contributed by atoms with Gasteiger partial charge in [-0.05, 0) is 26.3 Å². The summed E-state index contributed by atoms with van der Waals surface area (Å²) in [6.45, 7) is 3.96. The van der Waals surface area contributed by atoms with E-state index in [9.17, 15) is 0 Å². The fourth-order valence-corrected chi connectivity index (χ4v) is 2.18. The highest BCUT2D eigenvalue weighted by Crippen LogP contribution is 2.39. The zero-order valence-corrected chi connectivity index (χ0v) is 11.7. The van der Waals surface area contributed by atoms with Crippen molar-refractivity contribution in [3.05, 3.63) is 21.7 Å². The first kappa shape index (κ1) is 13.3. The highest BCUT2D eigenvalue weighted by Gasteiger charge is 2.16. The lowest BCUT2D eigenvalue weighted by Gasteiger charge is -2.17. The topological polar surface area (TPSA) is 44.5 Å². The van der Waals surface area contributed by atoms with Crippen molar-refractivity contribution in [2.75, 3.05) is 14.2 Å². The molecule has 0 amide bonds. The Balaban J connectivity index is 3.31. The van der Waals surface area contributed by atoms with Crippen LogP contribution in [0.1, 0.15) is 18.1 Å². The first-order chi connectivity index (χ1) is 7.51. The second-order valence-corrected chi connectivity index (χ2v) is 4.74. The van der Waals surface area contributed by atoms with Gasteiger partial charge in [-0.3, -0.25) is 0 Å². The molecule has 1 atom stereocenters. The van der Waals surface area contributed by atoms with Crippen molar-refractivity contribution in [2.45, 2.75) is 26.3 Å². The third-order valence-electron chi connectivity index (χ3n) is 2.45. The molecule has 1 unspecified atom stereocenters. The number of halogens is 1. The van der Waals surface area contributed by atoms with E-state index < -0.39 is 0 Å². The number of benzene rings is 1. The van der Waals surface area contributed by atoms with E-state index in [0.717, 1.165) is 33.5 Å². The van der Waals surface area contributed by atoms with Gasteiger partial charge in [-0.2, -0.15) is 0 Å². The molecule has 90 valence electrons. The Hall–Kier alpha value is -0.740. The van der Waals surface area contributed by atoms with Crippen LogP contribution in [0.15, 0.2) is 10.5 Å². The minimum absolute atomic E-state index is 0.0909. The molecule has 0 aliphatic rings. The van der Waals surface area contributed by atoms with Crippen LogP contribution < -0.4 is 15.2 Å². The van der Waals surface area contributed by atoms with Gasteiger partial charge in [-0.25, -0.2) is 0 Å². The molecule has 0 heterocycles. The molecule has 0 fully saturated rings. The van der Waals surface area contributed by atoms with Gasteiger partial charge in [-0.15, -0.1) is 0 Å². The molecule has 0 saturated heterocycles. The SMILES string of the molecule is COc1c(CC(C)N)cc(Br)c(C)c1OC. The van der Waals surface area contributed by atoms with E-state index in [0.29, 0.717) is 0 Å². The maximum atomic E-state index is 5.82. The minimum atomic E-state index is 0.0909. The molecule has 0 aliphatic carbocycles. The maximum Gasteiger partial charge on any atom is 0.165 e. The Morgan fingerprint density at radius 3 is 2.31 bits per heavy atom. The first-order valence-corrected chi connectivity index (χ1v) is 5.96. The average Bonchev–Trinajstić information content (AvgIpc) is 2.21. The Bertz CT molecular complexity index is 378. The highest BCUT2D eigenvalue weighted by atomic mass is 79.9. The van der Waals surface area contributed by atoms with Gasteiger partial charge in [0.15, 0.2) is 11.5 Å². The smallest absolute Gasteiger partial charge is 0.165 e. The Morgan fingerprint density at radius 1 is 1.31 bits per heavy atom. The lowest BCUT2D eigenvalue weighted by molar-refractivity contribution is 0.348. The van der Waals surface area contributed by atoms with Crippen molar-refractivity contribution in [3.63, 3.8) is 0 Å². The molecule has 0 bridgehead atoms. The summed E-state index contributed by atoms with van der Waals surface area (Å²) in [5.74, 6) is 1.55. The summed E-state index contributed by atoms with van der Waals surface area (Å²) >= 11 is 3.51. The van der Waals surface area contributed by atoms with Gasteiger partial charge in [0, 0.05) is 21.6 Å². The van der Waals surface area contributed by atoms with Crippen LogP contribution >= 0.6 is 15.9 Å². The molecular weight excluding hydrogens is 270 g/mol. The fourth-order valence-electron chi connectivity index (χ4n) is 1.72. The van der Waals surface area contributed by atoms with Crippen LogP contribution in [0, 0.1) is 6.92 Å². The van der Waals surface area contributed by atoms with Crippen molar-refractivity contribution in [1.82, 2.24) is 0 Å². The largest absolute Gasteiger partial charge is 0.493 e. The summed E-state index contributed by atoms with van der Waals surface area (Å²) in [5.41, 5.74) is 7.91. The average molecular weight is 288 g/mol. The highest BCUT2D eigenvalue weighted by molar-refractivity contribution is 9.10. The molecule has 0 aromatic heterocycles. The Labute approximate surface area is 105 Å². The summed E-state index contributed by atoms with van der Waals surface area (Å²) in [6.07, 6.45) is 0.762. The molecule has 0 radical (unpaired) electrons. The molecule has 0 spiro atoms. The van der Waals surface area contributed by atoms with E-state index in [2.05, 4.69) is 15.9 Å². The molecule has 1 aromatic rings. The predicted molar refractivity (Wildman–Crippen MR) is 69.3 cm³/mol. The summed E-state index contributed by atoms with van der Waals surface area (Å²) in [7, 11) is 3.29. The molecule has 1 aromatic carbocycles. The van der Waals surface area contributed by atoms with E-state index in [1.807, 2.05) is 19.9 Å².